The molecule has 1 aliphatic rings. The lowest BCUT2D eigenvalue weighted by Gasteiger charge is -2.24. The molecule has 0 fully saturated rings. The molecule has 1 heterocycles. The zero-order valence-electron chi connectivity index (χ0n) is 12.9. The molecule has 0 saturated carbocycles. The smallest absolute Gasteiger partial charge is 0.355 e. The number of nitrogens with zero attached hydrogens (tertiary/aromatic N) is 2. The molecular formula is C17H13ClN2O4. The number of carbonyl (C=O) groups excluding carboxylic acids is 2. The molecule has 24 heavy (non-hydrogen) atoms. The Morgan fingerprint density at radius 3 is 2.50 bits per heavy atom. The van der Waals surface area contributed by atoms with Crippen LogP contribution in [0.15, 0.2) is 53.9 Å². The largest absolute Gasteiger partial charge is 0.465 e. The van der Waals surface area contributed by atoms with E-state index in [1.54, 1.807) is 24.4 Å². The minimum Gasteiger partial charge on any atom is -0.465 e. The molecule has 0 spiro atoms. The van der Waals surface area contributed by atoms with Crippen molar-refractivity contribution in [3.8, 4) is 6.07 Å². The molecule has 0 amide bonds. The second-order valence-corrected chi connectivity index (χ2v) is 5.00. The van der Waals surface area contributed by atoms with E-state index in [1.807, 2.05) is 6.07 Å². The summed E-state index contributed by atoms with van der Waals surface area (Å²) in [4.78, 5) is 25.7. The number of esters is 2. The topological polar surface area (TPSA) is 79.6 Å². The summed E-state index contributed by atoms with van der Waals surface area (Å²) < 4.78 is 9.53. The van der Waals surface area contributed by atoms with Crippen LogP contribution in [0.2, 0.25) is 5.02 Å². The van der Waals surface area contributed by atoms with E-state index < -0.39 is 11.9 Å². The molecule has 0 aliphatic carbocycles. The number of methoxy groups -OCH3 is 2. The first kappa shape index (κ1) is 17.3. The summed E-state index contributed by atoms with van der Waals surface area (Å²) in [6.45, 7) is 0. The summed E-state index contributed by atoms with van der Waals surface area (Å²) in [5, 5.41) is 9.38. The van der Waals surface area contributed by atoms with Crippen molar-refractivity contribution in [1.29, 1.82) is 5.26 Å². The van der Waals surface area contributed by atoms with Crippen LogP contribution in [0, 0.1) is 11.3 Å². The zero-order chi connectivity index (χ0) is 17.7. The van der Waals surface area contributed by atoms with Crippen LogP contribution in [0.5, 0.6) is 0 Å². The highest BCUT2D eigenvalue weighted by Crippen LogP contribution is 2.32. The van der Waals surface area contributed by atoms with E-state index in [-0.39, 0.29) is 11.3 Å². The van der Waals surface area contributed by atoms with Gasteiger partial charge in [0.05, 0.1) is 42.1 Å². The number of hydrogen-bond donors (Lipinski definition) is 0. The molecule has 0 unspecified atom stereocenters. The van der Waals surface area contributed by atoms with Crippen molar-refractivity contribution in [3.63, 3.8) is 0 Å². The van der Waals surface area contributed by atoms with Gasteiger partial charge in [0, 0.05) is 6.20 Å². The normalized spacial score (nSPS) is 13.3. The second kappa shape index (κ2) is 7.49. The first-order valence-corrected chi connectivity index (χ1v) is 7.16. The zero-order valence-corrected chi connectivity index (χ0v) is 13.7. The molecule has 122 valence electrons. The monoisotopic (exact) mass is 344 g/mol. The molecule has 0 atom stereocenters. The van der Waals surface area contributed by atoms with Gasteiger partial charge in [-0.3, -0.25) is 0 Å². The summed E-state index contributed by atoms with van der Waals surface area (Å²) in [6, 6.07) is 6.60. The van der Waals surface area contributed by atoms with E-state index in [0.29, 0.717) is 16.3 Å². The molecule has 0 bridgehead atoms. The number of hydrogen-bond acceptors (Lipinski definition) is 6. The minimum absolute atomic E-state index is 0.00720. The van der Waals surface area contributed by atoms with Gasteiger partial charge < -0.3 is 14.4 Å². The quantitative estimate of drug-likeness (QED) is 0.784. The van der Waals surface area contributed by atoms with Gasteiger partial charge >= 0.3 is 11.9 Å². The molecule has 0 saturated heterocycles. The Balaban J connectivity index is 2.73. The second-order valence-electron chi connectivity index (χ2n) is 4.59. The number of allylic oxidation sites excluding steroid dienone is 2. The maximum Gasteiger partial charge on any atom is 0.355 e. The number of rotatable bonds is 3. The van der Waals surface area contributed by atoms with Crippen molar-refractivity contribution in [1.82, 2.24) is 0 Å². The van der Waals surface area contributed by atoms with Crippen molar-refractivity contribution in [2.45, 2.75) is 0 Å². The molecule has 1 aliphatic heterocycles. The van der Waals surface area contributed by atoms with Crippen LogP contribution in [0.3, 0.4) is 0 Å². The Morgan fingerprint density at radius 1 is 1.17 bits per heavy atom. The average Bonchev–Trinajstić information content (AvgIpc) is 2.83. The fourth-order valence-electron chi connectivity index (χ4n) is 2.12. The van der Waals surface area contributed by atoms with Gasteiger partial charge in [0.25, 0.3) is 0 Å². The fraction of sp³-hybridized carbons (Fsp3) is 0.118. The van der Waals surface area contributed by atoms with Crippen LogP contribution in [0.4, 0.5) is 5.69 Å². The summed E-state index contributed by atoms with van der Waals surface area (Å²) in [6.07, 6.45) is 6.18. The molecule has 1 aromatic rings. The standard InChI is InChI=1S/C17H13ClN2O4/c1-23-16(21)12-5-3-4-8-20(15(12)17(22)24-2)14-9-11(10-19)6-7-13(14)18/h3-9H,1-2H3. The van der Waals surface area contributed by atoms with Gasteiger partial charge in [-0.1, -0.05) is 17.7 Å². The molecule has 0 aromatic heterocycles. The van der Waals surface area contributed by atoms with Crippen LogP contribution in [0.25, 0.3) is 0 Å². The first-order valence-electron chi connectivity index (χ1n) is 6.78. The number of benzene rings is 1. The maximum absolute atomic E-state index is 12.3. The summed E-state index contributed by atoms with van der Waals surface area (Å²) in [5.74, 6) is -1.45. The van der Waals surface area contributed by atoms with Gasteiger partial charge in [0.15, 0.2) is 0 Å². The molecule has 7 heteroatoms. The van der Waals surface area contributed by atoms with Gasteiger partial charge in [-0.15, -0.1) is 0 Å². The Labute approximate surface area is 143 Å². The van der Waals surface area contributed by atoms with Gasteiger partial charge in [-0.25, -0.2) is 9.59 Å². The van der Waals surface area contributed by atoms with Crippen molar-refractivity contribution >= 4 is 29.2 Å². The SMILES string of the molecule is COC(=O)C1=C(C(=O)OC)N(c2cc(C#N)ccc2Cl)C=CC=C1. The third kappa shape index (κ3) is 3.31. The van der Waals surface area contributed by atoms with Crippen LogP contribution < -0.4 is 4.90 Å². The molecule has 6 nitrogen and oxygen atoms in total. The van der Waals surface area contributed by atoms with E-state index >= 15 is 0 Å². The summed E-state index contributed by atoms with van der Waals surface area (Å²) >= 11 is 6.22. The number of halogens is 1. The van der Waals surface area contributed by atoms with E-state index in [1.165, 1.54) is 37.3 Å². The molecule has 1 aromatic carbocycles. The fourth-order valence-corrected chi connectivity index (χ4v) is 2.33. The maximum atomic E-state index is 12.3. The van der Waals surface area contributed by atoms with Gasteiger partial charge in [0.1, 0.15) is 5.70 Å². The minimum atomic E-state index is -0.745. The van der Waals surface area contributed by atoms with E-state index in [4.69, 9.17) is 26.3 Å². The van der Waals surface area contributed by atoms with Crippen LogP contribution in [-0.4, -0.2) is 26.2 Å². The lowest BCUT2D eigenvalue weighted by Crippen LogP contribution is -2.27. The van der Waals surface area contributed by atoms with Gasteiger partial charge in [-0.05, 0) is 30.4 Å². The predicted octanol–water partition coefficient (Wildman–Crippen LogP) is 2.70. The highest BCUT2D eigenvalue weighted by Gasteiger charge is 2.28. The van der Waals surface area contributed by atoms with Crippen LogP contribution in [-0.2, 0) is 19.1 Å². The highest BCUT2D eigenvalue weighted by molar-refractivity contribution is 6.33. The Bertz CT molecular complexity index is 818. The van der Waals surface area contributed by atoms with Crippen molar-refractivity contribution in [3.05, 3.63) is 64.5 Å². The number of anilines is 1. The summed E-state index contributed by atoms with van der Waals surface area (Å²) in [5.41, 5.74) is 0.653. The summed E-state index contributed by atoms with van der Waals surface area (Å²) in [7, 11) is 2.41. The van der Waals surface area contributed by atoms with Crippen LogP contribution in [0.1, 0.15) is 5.56 Å². The van der Waals surface area contributed by atoms with Crippen molar-refractivity contribution in [2.24, 2.45) is 0 Å². The molecule has 2 rings (SSSR count). The molecule has 0 N–H and O–H groups in total. The third-order valence-corrected chi connectivity index (χ3v) is 3.54. The molecular weight excluding hydrogens is 332 g/mol. The lowest BCUT2D eigenvalue weighted by molar-refractivity contribution is -0.139. The van der Waals surface area contributed by atoms with Crippen molar-refractivity contribution < 1.29 is 19.1 Å². The van der Waals surface area contributed by atoms with E-state index in [9.17, 15) is 9.59 Å². The number of ether oxygens (including phenoxy) is 2. The molecule has 0 radical (unpaired) electrons. The number of nitriles is 1. The Kier molecular flexibility index (Phi) is 5.40. The third-order valence-electron chi connectivity index (χ3n) is 3.22. The van der Waals surface area contributed by atoms with Crippen molar-refractivity contribution in [2.75, 3.05) is 19.1 Å². The van der Waals surface area contributed by atoms with E-state index in [0.717, 1.165) is 0 Å². The van der Waals surface area contributed by atoms with E-state index in [2.05, 4.69) is 0 Å². The average molecular weight is 345 g/mol. The highest BCUT2D eigenvalue weighted by atomic mass is 35.5. The number of carbonyl (C=O) groups is 2. The predicted molar refractivity (Wildman–Crippen MR) is 88.0 cm³/mol. The first-order chi connectivity index (χ1) is 11.5. The van der Waals surface area contributed by atoms with Gasteiger partial charge in [-0.2, -0.15) is 5.26 Å². The lowest BCUT2D eigenvalue weighted by atomic mass is 10.1. The van der Waals surface area contributed by atoms with Gasteiger partial charge in [0.2, 0.25) is 0 Å². The Morgan fingerprint density at radius 2 is 1.88 bits per heavy atom. The van der Waals surface area contributed by atoms with Crippen LogP contribution >= 0.6 is 11.6 Å². The Hall–Kier alpha value is -3.04.